The smallest absolute Gasteiger partial charge is 0.0547 e. The van der Waals surface area contributed by atoms with Crippen molar-refractivity contribution in [2.24, 2.45) is 0 Å². The number of hydrogen-bond donors (Lipinski definition) is 1. The molecule has 1 aromatic heterocycles. The van der Waals surface area contributed by atoms with Crippen molar-refractivity contribution in [2.45, 2.75) is 18.9 Å². The van der Waals surface area contributed by atoms with E-state index in [0.717, 1.165) is 0 Å². The summed E-state index contributed by atoms with van der Waals surface area (Å²) in [7, 11) is 2.76. The summed E-state index contributed by atoms with van der Waals surface area (Å²) >= 11 is 0. The minimum atomic E-state index is 0.544. The van der Waals surface area contributed by atoms with Crippen LogP contribution in [0.25, 0.3) is 0 Å². The maximum Gasteiger partial charge on any atom is 0.0547 e. The topological polar surface area (TPSA) is 31.9 Å². The molecular weight excluding hydrogens is 157 g/mol. The molecule has 1 fully saturated rings. The first-order valence-electron chi connectivity index (χ1n) is 3.88. The normalized spacial score (nSPS) is 26.1. The van der Waals surface area contributed by atoms with Crippen LogP contribution < -0.4 is 0 Å². The van der Waals surface area contributed by atoms with E-state index in [9.17, 15) is 0 Å². The molecule has 1 unspecified atom stereocenters. The average molecular weight is 169 g/mol. The second kappa shape index (κ2) is 2.92. The maximum atomic E-state index is 3.94. The zero-order valence-electron chi connectivity index (χ0n) is 6.33. The van der Waals surface area contributed by atoms with E-state index in [1.54, 1.807) is 0 Å². The molecule has 0 radical (unpaired) electrons. The minimum Gasteiger partial charge on any atom is -0.281 e. The van der Waals surface area contributed by atoms with Gasteiger partial charge in [0, 0.05) is 12.7 Å². The van der Waals surface area contributed by atoms with E-state index in [1.807, 2.05) is 12.3 Å². The summed E-state index contributed by atoms with van der Waals surface area (Å²) in [5.74, 6) is 0. The van der Waals surface area contributed by atoms with Gasteiger partial charge in [0.25, 0.3) is 0 Å². The van der Waals surface area contributed by atoms with Crippen LogP contribution >= 0.6 is 9.39 Å². The van der Waals surface area contributed by atoms with Crippen molar-refractivity contribution in [3.63, 3.8) is 0 Å². The summed E-state index contributed by atoms with van der Waals surface area (Å²) in [4.78, 5) is 0. The summed E-state index contributed by atoms with van der Waals surface area (Å²) in [6, 6.07) is 2.59. The average Bonchev–Trinajstić information content (AvgIpc) is 2.55. The Balaban J connectivity index is 2.16. The molecule has 4 heteroatoms. The lowest BCUT2D eigenvalue weighted by Gasteiger charge is -2.16. The first-order valence-corrected chi connectivity index (χ1v) is 4.40. The van der Waals surface area contributed by atoms with Crippen LogP contribution in [-0.4, -0.2) is 21.4 Å². The van der Waals surface area contributed by atoms with Crippen molar-refractivity contribution in [1.29, 1.82) is 0 Å². The summed E-state index contributed by atoms with van der Waals surface area (Å²) in [6.45, 7) is 1.17. The van der Waals surface area contributed by atoms with Crippen molar-refractivity contribution >= 4 is 9.39 Å². The standard InChI is InChI=1S/C7H12N3P/c11-10-5-1-2-7(10)6-3-4-8-9-6/h3-4,7H,1-2,5,11H2,(H,8,9)/t7-/m0/s1. The highest BCUT2D eigenvalue weighted by atomic mass is 31.0. The van der Waals surface area contributed by atoms with Gasteiger partial charge in [0.2, 0.25) is 0 Å². The second-order valence-corrected chi connectivity index (χ2v) is 3.57. The van der Waals surface area contributed by atoms with Crippen LogP contribution in [0.5, 0.6) is 0 Å². The van der Waals surface area contributed by atoms with Crippen LogP contribution in [-0.2, 0) is 0 Å². The maximum absolute atomic E-state index is 3.94. The third-order valence-corrected chi connectivity index (χ3v) is 2.79. The molecule has 3 nitrogen and oxygen atoms in total. The molecule has 2 rings (SSSR count). The van der Waals surface area contributed by atoms with Gasteiger partial charge in [-0.15, -0.1) is 0 Å². The van der Waals surface area contributed by atoms with Gasteiger partial charge in [-0.25, -0.2) is 0 Å². The lowest BCUT2D eigenvalue weighted by molar-refractivity contribution is 0.441. The number of nitrogens with zero attached hydrogens (tertiary/aromatic N) is 2. The molecule has 1 saturated heterocycles. The van der Waals surface area contributed by atoms with Crippen LogP contribution in [0.1, 0.15) is 24.6 Å². The largest absolute Gasteiger partial charge is 0.281 e. The van der Waals surface area contributed by atoms with Gasteiger partial charge in [-0.1, -0.05) is 9.39 Å². The Morgan fingerprint density at radius 3 is 3.18 bits per heavy atom. The third-order valence-electron chi connectivity index (χ3n) is 2.18. The van der Waals surface area contributed by atoms with Crippen molar-refractivity contribution in [3.8, 4) is 0 Å². The summed E-state index contributed by atoms with van der Waals surface area (Å²) in [6.07, 6.45) is 4.34. The fourth-order valence-corrected chi connectivity index (χ4v) is 2.07. The molecule has 1 aliphatic heterocycles. The lowest BCUT2D eigenvalue weighted by atomic mass is 10.2. The monoisotopic (exact) mass is 169 g/mol. The molecule has 1 N–H and O–H groups in total. The number of nitrogens with one attached hydrogen (secondary N) is 1. The predicted molar refractivity (Wildman–Crippen MR) is 47.0 cm³/mol. The van der Waals surface area contributed by atoms with E-state index in [-0.39, 0.29) is 0 Å². The Kier molecular flexibility index (Phi) is 1.93. The van der Waals surface area contributed by atoms with Crippen LogP contribution in [0.2, 0.25) is 0 Å². The lowest BCUT2D eigenvalue weighted by Crippen LogP contribution is -2.10. The molecular formula is C7H12N3P. The molecule has 0 amide bonds. The Hall–Kier alpha value is -0.400. The third kappa shape index (κ3) is 1.31. The number of aromatic nitrogens is 2. The summed E-state index contributed by atoms with van der Waals surface area (Å²) in [5, 5.41) is 6.94. The number of aromatic amines is 1. The van der Waals surface area contributed by atoms with Crippen molar-refractivity contribution in [3.05, 3.63) is 18.0 Å². The van der Waals surface area contributed by atoms with Gasteiger partial charge in [-0.2, -0.15) is 5.10 Å². The highest BCUT2D eigenvalue weighted by Gasteiger charge is 2.23. The van der Waals surface area contributed by atoms with E-state index in [2.05, 4.69) is 24.3 Å². The second-order valence-electron chi connectivity index (χ2n) is 2.91. The van der Waals surface area contributed by atoms with Gasteiger partial charge in [-0.05, 0) is 18.9 Å². The van der Waals surface area contributed by atoms with Gasteiger partial charge < -0.3 is 0 Å². The number of rotatable bonds is 1. The molecule has 11 heavy (non-hydrogen) atoms. The van der Waals surface area contributed by atoms with Crippen LogP contribution in [0.15, 0.2) is 12.3 Å². The first kappa shape index (κ1) is 7.26. The van der Waals surface area contributed by atoms with E-state index in [4.69, 9.17) is 0 Å². The summed E-state index contributed by atoms with van der Waals surface area (Å²) in [5.41, 5.74) is 1.23. The van der Waals surface area contributed by atoms with E-state index in [0.29, 0.717) is 6.04 Å². The molecule has 2 heterocycles. The van der Waals surface area contributed by atoms with Gasteiger partial charge in [-0.3, -0.25) is 9.77 Å². The quantitative estimate of drug-likeness (QED) is 0.643. The van der Waals surface area contributed by atoms with Crippen LogP contribution in [0.4, 0.5) is 0 Å². The van der Waals surface area contributed by atoms with Gasteiger partial charge >= 0.3 is 0 Å². The van der Waals surface area contributed by atoms with Crippen molar-refractivity contribution in [2.75, 3.05) is 6.54 Å². The number of H-pyrrole nitrogens is 1. The Labute approximate surface area is 68.4 Å². The van der Waals surface area contributed by atoms with Gasteiger partial charge in [0.05, 0.1) is 11.7 Å². The Morgan fingerprint density at radius 2 is 2.64 bits per heavy atom. The zero-order chi connectivity index (χ0) is 7.68. The van der Waals surface area contributed by atoms with E-state index >= 15 is 0 Å². The Morgan fingerprint density at radius 1 is 1.73 bits per heavy atom. The first-order chi connectivity index (χ1) is 5.38. The van der Waals surface area contributed by atoms with Crippen LogP contribution in [0, 0.1) is 0 Å². The molecule has 0 aliphatic carbocycles. The number of hydrogen-bond acceptors (Lipinski definition) is 2. The van der Waals surface area contributed by atoms with Gasteiger partial charge in [0.15, 0.2) is 0 Å². The summed E-state index contributed by atoms with van der Waals surface area (Å²) < 4.78 is 2.29. The zero-order valence-corrected chi connectivity index (χ0v) is 7.48. The fourth-order valence-electron chi connectivity index (χ4n) is 1.58. The van der Waals surface area contributed by atoms with Crippen LogP contribution in [0.3, 0.4) is 0 Å². The van der Waals surface area contributed by atoms with E-state index in [1.165, 1.54) is 25.1 Å². The molecule has 0 bridgehead atoms. The van der Waals surface area contributed by atoms with Crippen molar-refractivity contribution in [1.82, 2.24) is 14.9 Å². The molecule has 1 aliphatic rings. The molecule has 2 atom stereocenters. The highest BCUT2D eigenvalue weighted by Crippen LogP contribution is 2.32. The minimum absolute atomic E-state index is 0.544. The van der Waals surface area contributed by atoms with E-state index < -0.39 is 0 Å². The molecule has 0 aromatic carbocycles. The molecule has 60 valence electrons. The predicted octanol–water partition coefficient (Wildman–Crippen LogP) is 1.34. The Bertz CT molecular complexity index is 222. The van der Waals surface area contributed by atoms with Gasteiger partial charge in [0.1, 0.15) is 0 Å². The SMILES string of the molecule is PN1CCC[C@H]1c1ccn[nH]1. The fraction of sp³-hybridized carbons (Fsp3) is 0.571. The molecule has 0 spiro atoms. The highest BCUT2D eigenvalue weighted by molar-refractivity contribution is 7.13. The van der Waals surface area contributed by atoms with Crippen molar-refractivity contribution < 1.29 is 0 Å². The molecule has 0 saturated carbocycles. The molecule has 1 aromatic rings.